The molecular weight excluding hydrogens is 414 g/mol. The molecule has 140 valence electrons. The van der Waals surface area contributed by atoms with Crippen molar-refractivity contribution in [3.8, 4) is 11.5 Å². The van der Waals surface area contributed by atoms with Crippen molar-refractivity contribution in [2.45, 2.75) is 63.3 Å². The normalized spacial score (nSPS) is 15.4. The van der Waals surface area contributed by atoms with Gasteiger partial charge >= 0.3 is 0 Å². The quantitative estimate of drug-likeness (QED) is 0.583. The van der Waals surface area contributed by atoms with Crippen LogP contribution in [0.3, 0.4) is 0 Å². The van der Waals surface area contributed by atoms with Crippen molar-refractivity contribution < 1.29 is 9.21 Å². The first-order valence-electron chi connectivity index (χ1n) is 9.08. The van der Waals surface area contributed by atoms with Crippen molar-refractivity contribution in [2.75, 3.05) is 5.75 Å². The van der Waals surface area contributed by atoms with Crippen molar-refractivity contribution in [2.24, 2.45) is 0 Å². The summed E-state index contributed by atoms with van der Waals surface area (Å²) in [5.41, 5.74) is 0.866. The van der Waals surface area contributed by atoms with Crippen molar-refractivity contribution in [1.82, 2.24) is 15.1 Å². The standard InChI is InChI=1S/C19H24BrN3O2S/c1-13(2)23(16-6-4-3-5-7-16)17(24)12-26-19-22-21-18(25-19)14-8-10-15(20)11-9-14/h8-11,13,16H,3-7,12H2,1-2H3. The molecule has 1 aliphatic rings. The molecule has 0 spiro atoms. The maximum absolute atomic E-state index is 12.8. The second-order valence-electron chi connectivity index (χ2n) is 6.86. The Morgan fingerprint density at radius 3 is 2.58 bits per heavy atom. The third-order valence-corrected chi connectivity index (χ3v) is 5.96. The molecular formula is C19H24BrN3O2S. The molecule has 0 bridgehead atoms. The average molecular weight is 438 g/mol. The molecule has 1 aromatic carbocycles. The Kier molecular flexibility index (Phi) is 6.75. The van der Waals surface area contributed by atoms with Crippen LogP contribution in [0.1, 0.15) is 46.0 Å². The number of hydrogen-bond donors (Lipinski definition) is 0. The molecule has 3 rings (SSSR count). The third-order valence-electron chi connectivity index (χ3n) is 4.63. The van der Waals surface area contributed by atoms with E-state index < -0.39 is 0 Å². The molecule has 1 heterocycles. The van der Waals surface area contributed by atoms with Crippen LogP contribution in [0, 0.1) is 0 Å². The summed E-state index contributed by atoms with van der Waals surface area (Å²) in [5.74, 6) is 0.956. The highest BCUT2D eigenvalue weighted by Crippen LogP contribution is 2.27. The Labute approximate surface area is 167 Å². The van der Waals surface area contributed by atoms with Gasteiger partial charge in [0.15, 0.2) is 0 Å². The van der Waals surface area contributed by atoms with Gasteiger partial charge in [0.05, 0.1) is 5.75 Å². The van der Waals surface area contributed by atoms with E-state index >= 15 is 0 Å². The van der Waals surface area contributed by atoms with Crippen LogP contribution in [0.2, 0.25) is 0 Å². The molecule has 5 nitrogen and oxygen atoms in total. The number of halogens is 1. The zero-order valence-corrected chi connectivity index (χ0v) is 17.6. The van der Waals surface area contributed by atoms with Crippen LogP contribution < -0.4 is 0 Å². The Bertz CT molecular complexity index is 727. The lowest BCUT2D eigenvalue weighted by Crippen LogP contribution is -2.46. The van der Waals surface area contributed by atoms with Crippen molar-refractivity contribution in [3.63, 3.8) is 0 Å². The number of amides is 1. The van der Waals surface area contributed by atoms with Crippen molar-refractivity contribution in [3.05, 3.63) is 28.7 Å². The predicted molar refractivity (Wildman–Crippen MR) is 107 cm³/mol. The lowest BCUT2D eigenvalue weighted by molar-refractivity contribution is -0.133. The Morgan fingerprint density at radius 2 is 1.92 bits per heavy atom. The second-order valence-corrected chi connectivity index (χ2v) is 8.70. The minimum Gasteiger partial charge on any atom is -0.411 e. The van der Waals surface area contributed by atoms with Gasteiger partial charge < -0.3 is 9.32 Å². The monoisotopic (exact) mass is 437 g/mol. The van der Waals surface area contributed by atoms with E-state index in [9.17, 15) is 4.79 Å². The van der Waals surface area contributed by atoms with Crippen molar-refractivity contribution in [1.29, 1.82) is 0 Å². The zero-order chi connectivity index (χ0) is 18.5. The van der Waals surface area contributed by atoms with Crippen LogP contribution >= 0.6 is 27.7 Å². The number of nitrogens with zero attached hydrogens (tertiary/aromatic N) is 3. The van der Waals surface area contributed by atoms with Gasteiger partial charge in [-0.25, -0.2) is 0 Å². The second kappa shape index (κ2) is 9.04. The van der Waals surface area contributed by atoms with E-state index in [0.717, 1.165) is 22.9 Å². The third kappa shape index (κ3) is 4.88. The van der Waals surface area contributed by atoms with Crippen LogP contribution in [-0.2, 0) is 4.79 Å². The van der Waals surface area contributed by atoms with Gasteiger partial charge in [0.2, 0.25) is 11.8 Å². The number of hydrogen-bond acceptors (Lipinski definition) is 5. The summed E-state index contributed by atoms with van der Waals surface area (Å²) in [6, 6.07) is 8.29. The highest BCUT2D eigenvalue weighted by atomic mass is 79.9. The first-order valence-corrected chi connectivity index (χ1v) is 10.9. The van der Waals surface area contributed by atoms with Crippen LogP contribution in [0.4, 0.5) is 0 Å². The highest BCUT2D eigenvalue weighted by Gasteiger charge is 2.27. The number of carbonyl (C=O) groups excluding carboxylic acids is 1. The summed E-state index contributed by atoms with van der Waals surface area (Å²) >= 11 is 4.73. The number of benzene rings is 1. The molecule has 0 saturated heterocycles. The number of carbonyl (C=O) groups is 1. The molecule has 0 aliphatic heterocycles. The molecule has 0 N–H and O–H groups in total. The van der Waals surface area contributed by atoms with E-state index in [1.54, 1.807) is 0 Å². The maximum atomic E-state index is 12.8. The van der Waals surface area contributed by atoms with Crippen LogP contribution in [0.15, 0.2) is 38.4 Å². The molecule has 26 heavy (non-hydrogen) atoms. The highest BCUT2D eigenvalue weighted by molar-refractivity contribution is 9.10. The molecule has 1 aromatic heterocycles. The minimum absolute atomic E-state index is 0.153. The summed E-state index contributed by atoms with van der Waals surface area (Å²) in [7, 11) is 0. The summed E-state index contributed by atoms with van der Waals surface area (Å²) in [6.07, 6.45) is 5.95. The molecule has 7 heteroatoms. The van der Waals surface area contributed by atoms with Crippen LogP contribution in [-0.4, -0.2) is 38.8 Å². The summed E-state index contributed by atoms with van der Waals surface area (Å²) in [6.45, 7) is 4.19. The van der Waals surface area contributed by atoms with Crippen molar-refractivity contribution >= 4 is 33.6 Å². The van der Waals surface area contributed by atoms with E-state index in [2.05, 4.69) is 44.9 Å². The van der Waals surface area contributed by atoms with Gasteiger partial charge in [0.25, 0.3) is 5.22 Å². The average Bonchev–Trinajstić information content (AvgIpc) is 3.10. The summed E-state index contributed by atoms with van der Waals surface area (Å²) in [4.78, 5) is 14.8. The van der Waals surface area contributed by atoms with E-state index in [-0.39, 0.29) is 11.9 Å². The van der Waals surface area contributed by atoms with Gasteiger partial charge in [-0.2, -0.15) is 0 Å². The molecule has 2 aromatic rings. The molecule has 0 radical (unpaired) electrons. The lowest BCUT2D eigenvalue weighted by atomic mass is 9.93. The zero-order valence-electron chi connectivity index (χ0n) is 15.2. The van der Waals surface area contributed by atoms with Crippen LogP contribution in [0.25, 0.3) is 11.5 Å². The Balaban J connectivity index is 1.60. The predicted octanol–water partition coefficient (Wildman–Crippen LogP) is 5.16. The Morgan fingerprint density at radius 1 is 1.23 bits per heavy atom. The van der Waals surface area contributed by atoms with Gasteiger partial charge in [-0.3, -0.25) is 4.79 Å². The first-order chi connectivity index (χ1) is 12.5. The molecule has 0 atom stereocenters. The van der Waals surface area contributed by atoms with Gasteiger partial charge in [-0.05, 0) is 51.0 Å². The van der Waals surface area contributed by atoms with E-state index in [1.165, 1.54) is 31.0 Å². The minimum atomic E-state index is 0.153. The van der Waals surface area contributed by atoms with Gasteiger partial charge in [0.1, 0.15) is 0 Å². The van der Waals surface area contributed by atoms with E-state index in [4.69, 9.17) is 4.42 Å². The molecule has 1 saturated carbocycles. The first kappa shape index (κ1) is 19.4. The summed E-state index contributed by atoms with van der Waals surface area (Å²) in [5, 5.41) is 8.59. The lowest BCUT2D eigenvalue weighted by Gasteiger charge is -2.37. The fourth-order valence-corrected chi connectivity index (χ4v) is 4.34. The maximum Gasteiger partial charge on any atom is 0.277 e. The fraction of sp³-hybridized carbons (Fsp3) is 0.526. The van der Waals surface area contributed by atoms with Crippen LogP contribution in [0.5, 0.6) is 0 Å². The van der Waals surface area contributed by atoms with Gasteiger partial charge in [-0.1, -0.05) is 47.0 Å². The number of thioether (sulfide) groups is 1. The molecule has 0 unspecified atom stereocenters. The summed E-state index contributed by atoms with van der Waals surface area (Å²) < 4.78 is 6.70. The smallest absolute Gasteiger partial charge is 0.277 e. The SMILES string of the molecule is CC(C)N(C(=O)CSc1nnc(-c2ccc(Br)cc2)o1)C1CCCCC1. The molecule has 1 aliphatic carbocycles. The van der Waals surface area contributed by atoms with E-state index in [1.807, 2.05) is 24.3 Å². The number of aromatic nitrogens is 2. The largest absolute Gasteiger partial charge is 0.411 e. The number of rotatable bonds is 6. The fourth-order valence-electron chi connectivity index (χ4n) is 3.45. The van der Waals surface area contributed by atoms with E-state index in [0.29, 0.717) is 22.9 Å². The molecule has 1 fully saturated rings. The van der Waals surface area contributed by atoms with Gasteiger partial charge in [-0.15, -0.1) is 10.2 Å². The topological polar surface area (TPSA) is 59.2 Å². The molecule has 1 amide bonds. The Hall–Kier alpha value is -1.34. The van der Waals surface area contributed by atoms with Gasteiger partial charge in [0, 0.05) is 22.1 Å².